The normalized spacial score (nSPS) is 15.6. The van der Waals surface area contributed by atoms with Crippen LogP contribution in [0.5, 0.6) is 0 Å². The lowest BCUT2D eigenvalue weighted by Crippen LogP contribution is -2.44. The number of pyridine rings is 1. The highest BCUT2D eigenvalue weighted by atomic mass is 16.2. The highest BCUT2D eigenvalue weighted by Crippen LogP contribution is 2.26. The molecule has 3 rings (SSSR count). The molecule has 0 bridgehead atoms. The fourth-order valence-corrected chi connectivity index (χ4v) is 3.79. The average molecular weight is 371 g/mol. The maximum Gasteiger partial charge on any atom is 0.254 e. The molecular weight excluding hydrogens is 342 g/mol. The quantitative estimate of drug-likeness (QED) is 0.895. The van der Waals surface area contributed by atoms with E-state index < -0.39 is 0 Å². The van der Waals surface area contributed by atoms with Gasteiger partial charge in [-0.15, -0.1) is 0 Å². The Morgan fingerprint density at radius 3 is 2.52 bits per heavy atom. The van der Waals surface area contributed by atoms with E-state index in [1.54, 1.807) is 0 Å². The predicted octanol–water partition coefficient (Wildman–Crippen LogP) is 2.44. The molecule has 0 aromatic carbocycles. The Bertz CT molecular complexity index is 863. The molecule has 2 aromatic heterocycles. The van der Waals surface area contributed by atoms with Crippen LogP contribution in [0.3, 0.4) is 0 Å². The molecule has 1 aliphatic rings. The van der Waals surface area contributed by atoms with E-state index in [0.717, 1.165) is 22.4 Å². The lowest BCUT2D eigenvalue weighted by Gasteiger charge is -2.32. The van der Waals surface area contributed by atoms with Crippen molar-refractivity contribution in [2.45, 2.75) is 60.0 Å². The second kappa shape index (κ2) is 7.66. The molecule has 27 heavy (non-hydrogen) atoms. The van der Waals surface area contributed by atoms with Gasteiger partial charge in [0.1, 0.15) is 0 Å². The van der Waals surface area contributed by atoms with Crippen molar-refractivity contribution >= 4 is 22.8 Å². The van der Waals surface area contributed by atoms with Gasteiger partial charge in [0.25, 0.3) is 5.91 Å². The lowest BCUT2D eigenvalue weighted by molar-refractivity contribution is -0.126. The number of hydrogen-bond acceptors (Lipinski definition) is 4. The first-order chi connectivity index (χ1) is 12.8. The van der Waals surface area contributed by atoms with Crippen LogP contribution in [0.25, 0.3) is 11.0 Å². The summed E-state index contributed by atoms with van der Waals surface area (Å²) in [7, 11) is 0. The van der Waals surface area contributed by atoms with E-state index in [-0.39, 0.29) is 23.8 Å². The van der Waals surface area contributed by atoms with Crippen molar-refractivity contribution < 1.29 is 9.59 Å². The van der Waals surface area contributed by atoms with E-state index >= 15 is 0 Å². The molecule has 0 aliphatic carbocycles. The summed E-state index contributed by atoms with van der Waals surface area (Å²) in [5.41, 5.74) is 3.07. The number of piperidine rings is 1. The van der Waals surface area contributed by atoms with Crippen molar-refractivity contribution in [3.8, 4) is 0 Å². The third kappa shape index (κ3) is 3.82. The van der Waals surface area contributed by atoms with Crippen molar-refractivity contribution in [1.29, 1.82) is 0 Å². The van der Waals surface area contributed by atoms with E-state index in [1.807, 2.05) is 50.3 Å². The standard InChI is InChI=1S/C20H29N5O2/c1-6-25-18-17(14(5)23-25)16(11-13(4)22-18)20(27)24-9-7-15(8-10-24)19(26)21-12(2)3/h11-12,15H,6-10H2,1-5H3,(H,21,26). The van der Waals surface area contributed by atoms with Crippen molar-refractivity contribution in [3.05, 3.63) is 23.0 Å². The lowest BCUT2D eigenvalue weighted by atomic mass is 9.95. The number of hydrogen-bond donors (Lipinski definition) is 1. The zero-order valence-corrected chi connectivity index (χ0v) is 16.9. The minimum absolute atomic E-state index is 0.00645. The summed E-state index contributed by atoms with van der Waals surface area (Å²) in [6, 6.07) is 2.00. The summed E-state index contributed by atoms with van der Waals surface area (Å²) < 4.78 is 1.84. The first-order valence-corrected chi connectivity index (χ1v) is 9.76. The van der Waals surface area contributed by atoms with Crippen molar-refractivity contribution in [2.75, 3.05) is 13.1 Å². The van der Waals surface area contributed by atoms with Crippen LogP contribution < -0.4 is 5.32 Å². The molecule has 2 amide bonds. The molecule has 146 valence electrons. The first kappa shape index (κ1) is 19.3. The van der Waals surface area contributed by atoms with Gasteiger partial charge in [-0.1, -0.05) is 0 Å². The zero-order chi connectivity index (χ0) is 19.7. The number of rotatable bonds is 4. The molecule has 1 saturated heterocycles. The molecule has 0 atom stereocenters. The van der Waals surface area contributed by atoms with Gasteiger partial charge in [0.2, 0.25) is 5.91 Å². The highest BCUT2D eigenvalue weighted by Gasteiger charge is 2.29. The van der Waals surface area contributed by atoms with Gasteiger partial charge in [-0.3, -0.25) is 9.59 Å². The Labute approximate surface area is 160 Å². The number of carbonyl (C=O) groups is 2. The fourth-order valence-electron chi connectivity index (χ4n) is 3.79. The van der Waals surface area contributed by atoms with Crippen molar-refractivity contribution in [1.82, 2.24) is 25.0 Å². The SMILES string of the molecule is CCn1nc(C)c2c(C(=O)N3CCC(C(=O)NC(C)C)CC3)cc(C)nc21. The van der Waals surface area contributed by atoms with Crippen LogP contribution in [0.15, 0.2) is 6.07 Å². The van der Waals surface area contributed by atoms with Gasteiger partial charge >= 0.3 is 0 Å². The second-order valence-corrected chi connectivity index (χ2v) is 7.64. The predicted molar refractivity (Wildman–Crippen MR) is 105 cm³/mol. The second-order valence-electron chi connectivity index (χ2n) is 7.64. The number of aryl methyl sites for hydroxylation is 3. The monoisotopic (exact) mass is 371 g/mol. The summed E-state index contributed by atoms with van der Waals surface area (Å²) in [6.07, 6.45) is 1.40. The zero-order valence-electron chi connectivity index (χ0n) is 16.9. The van der Waals surface area contributed by atoms with E-state index in [2.05, 4.69) is 15.4 Å². The van der Waals surface area contributed by atoms with Crippen LogP contribution in [-0.4, -0.2) is 50.6 Å². The summed E-state index contributed by atoms with van der Waals surface area (Å²) >= 11 is 0. The number of likely N-dealkylation sites (tertiary alicyclic amines) is 1. The molecule has 0 unspecified atom stereocenters. The molecule has 0 spiro atoms. The molecule has 1 N–H and O–H groups in total. The number of nitrogens with one attached hydrogen (secondary N) is 1. The minimum atomic E-state index is -0.0137. The molecule has 1 fully saturated rings. The Hall–Kier alpha value is -2.44. The van der Waals surface area contributed by atoms with Crippen LogP contribution in [-0.2, 0) is 11.3 Å². The van der Waals surface area contributed by atoms with Gasteiger partial charge < -0.3 is 10.2 Å². The number of aromatic nitrogens is 3. The molecule has 7 heteroatoms. The van der Waals surface area contributed by atoms with Gasteiger partial charge in [-0.2, -0.15) is 5.10 Å². The third-order valence-electron chi connectivity index (χ3n) is 5.12. The number of nitrogens with zero attached hydrogens (tertiary/aromatic N) is 4. The van der Waals surface area contributed by atoms with Gasteiger partial charge in [-0.25, -0.2) is 9.67 Å². The first-order valence-electron chi connectivity index (χ1n) is 9.76. The Morgan fingerprint density at radius 1 is 1.26 bits per heavy atom. The Balaban J connectivity index is 1.81. The smallest absolute Gasteiger partial charge is 0.254 e. The fraction of sp³-hybridized carbons (Fsp3) is 0.600. The maximum atomic E-state index is 13.2. The van der Waals surface area contributed by atoms with Gasteiger partial charge in [-0.05, 0) is 53.5 Å². The van der Waals surface area contributed by atoms with E-state index in [0.29, 0.717) is 38.0 Å². The largest absolute Gasteiger partial charge is 0.354 e. The van der Waals surface area contributed by atoms with Crippen LogP contribution in [0.2, 0.25) is 0 Å². The molecule has 7 nitrogen and oxygen atoms in total. The number of amides is 2. The summed E-state index contributed by atoms with van der Waals surface area (Å²) in [5.74, 6) is 0.0894. The topological polar surface area (TPSA) is 80.1 Å². The van der Waals surface area contributed by atoms with Gasteiger partial charge in [0.15, 0.2) is 5.65 Å². The van der Waals surface area contributed by atoms with Crippen LogP contribution >= 0.6 is 0 Å². The summed E-state index contributed by atoms with van der Waals surface area (Å²) in [4.78, 5) is 31.9. The van der Waals surface area contributed by atoms with Crippen LogP contribution in [0.1, 0.15) is 55.4 Å². The minimum Gasteiger partial charge on any atom is -0.354 e. The Morgan fingerprint density at radius 2 is 1.93 bits per heavy atom. The molecular formula is C20H29N5O2. The van der Waals surface area contributed by atoms with Crippen LogP contribution in [0, 0.1) is 19.8 Å². The molecule has 0 saturated carbocycles. The molecule has 3 heterocycles. The number of carbonyl (C=O) groups excluding carboxylic acids is 2. The highest BCUT2D eigenvalue weighted by molar-refractivity contribution is 6.06. The van der Waals surface area contributed by atoms with E-state index in [9.17, 15) is 9.59 Å². The Kier molecular flexibility index (Phi) is 5.48. The molecule has 0 radical (unpaired) electrons. The third-order valence-corrected chi connectivity index (χ3v) is 5.12. The summed E-state index contributed by atoms with van der Waals surface area (Å²) in [5, 5.41) is 8.35. The van der Waals surface area contributed by atoms with E-state index in [4.69, 9.17) is 0 Å². The maximum absolute atomic E-state index is 13.2. The van der Waals surface area contributed by atoms with Gasteiger partial charge in [0.05, 0.1) is 16.6 Å². The van der Waals surface area contributed by atoms with Crippen molar-refractivity contribution in [2.24, 2.45) is 5.92 Å². The van der Waals surface area contributed by atoms with Crippen molar-refractivity contribution in [3.63, 3.8) is 0 Å². The van der Waals surface area contributed by atoms with Gasteiger partial charge in [0, 0.05) is 37.3 Å². The number of fused-ring (bicyclic) bond motifs is 1. The summed E-state index contributed by atoms with van der Waals surface area (Å²) in [6.45, 7) is 11.7. The molecule has 2 aromatic rings. The molecule has 1 aliphatic heterocycles. The van der Waals surface area contributed by atoms with Crippen LogP contribution in [0.4, 0.5) is 0 Å². The average Bonchev–Trinajstić information content (AvgIpc) is 2.95. The van der Waals surface area contributed by atoms with E-state index in [1.165, 1.54) is 0 Å².